The van der Waals surface area contributed by atoms with Crippen LogP contribution in [0, 0.1) is 3.95 Å². The zero-order chi connectivity index (χ0) is 8.39. The van der Waals surface area contributed by atoms with E-state index in [1.165, 1.54) is 0 Å². The molecule has 0 aromatic carbocycles. The smallest absolute Gasteiger partial charge is 0.158 e. The Morgan fingerprint density at radius 2 is 2.42 bits per heavy atom. The van der Waals surface area contributed by atoms with E-state index in [1.807, 2.05) is 24.5 Å². The monoisotopic (exact) mass is 194 g/mol. The summed E-state index contributed by atoms with van der Waals surface area (Å²) in [5.41, 5.74) is 1.11. The van der Waals surface area contributed by atoms with Crippen LogP contribution in [-0.4, -0.2) is 9.97 Å². The van der Waals surface area contributed by atoms with E-state index in [1.54, 1.807) is 17.5 Å². The molecule has 1 N–H and O–H groups in total. The molecule has 0 atom stereocenters. The Balaban J connectivity index is 2.51. The Kier molecular flexibility index (Phi) is 2.01. The van der Waals surface area contributed by atoms with Crippen LogP contribution in [0.5, 0.6) is 0 Å². The van der Waals surface area contributed by atoms with Crippen LogP contribution < -0.4 is 0 Å². The van der Waals surface area contributed by atoms with Crippen LogP contribution in [0.2, 0.25) is 0 Å². The van der Waals surface area contributed by atoms with Crippen molar-refractivity contribution in [2.75, 3.05) is 0 Å². The zero-order valence-corrected chi connectivity index (χ0v) is 7.78. The van der Waals surface area contributed by atoms with Gasteiger partial charge < -0.3 is 4.98 Å². The summed E-state index contributed by atoms with van der Waals surface area (Å²) >= 11 is 6.54. The van der Waals surface area contributed by atoms with E-state index in [0.717, 1.165) is 14.4 Å². The van der Waals surface area contributed by atoms with Gasteiger partial charge >= 0.3 is 0 Å². The minimum absolute atomic E-state index is 0.800. The van der Waals surface area contributed by atoms with Crippen LogP contribution in [0.25, 0.3) is 10.4 Å². The van der Waals surface area contributed by atoms with Crippen LogP contribution in [0.1, 0.15) is 0 Å². The summed E-state index contributed by atoms with van der Waals surface area (Å²) in [4.78, 5) is 8.13. The fourth-order valence-corrected chi connectivity index (χ4v) is 1.94. The molecule has 4 heteroatoms. The number of hydrogen-bond donors (Lipinski definition) is 1. The maximum atomic E-state index is 4.98. The number of aromatic nitrogens is 2. The summed E-state index contributed by atoms with van der Waals surface area (Å²) < 4.78 is 0.800. The lowest BCUT2D eigenvalue weighted by molar-refractivity contribution is 1.33. The summed E-state index contributed by atoms with van der Waals surface area (Å²) in [6, 6.07) is 3.93. The van der Waals surface area contributed by atoms with E-state index < -0.39 is 0 Å². The first-order valence-corrected chi connectivity index (χ1v) is 4.67. The van der Waals surface area contributed by atoms with Crippen LogP contribution >= 0.6 is 23.6 Å². The molecular weight excluding hydrogens is 188 g/mol. The molecule has 0 spiro atoms. The molecule has 0 radical (unpaired) electrons. The van der Waals surface area contributed by atoms with Crippen molar-refractivity contribution in [3.8, 4) is 10.4 Å². The first-order chi connectivity index (χ1) is 5.86. The third kappa shape index (κ3) is 1.44. The van der Waals surface area contributed by atoms with Crippen LogP contribution in [0.15, 0.2) is 30.7 Å². The van der Waals surface area contributed by atoms with Crippen molar-refractivity contribution in [1.29, 1.82) is 0 Å². The first kappa shape index (κ1) is 7.64. The predicted molar refractivity (Wildman–Crippen MR) is 52.7 cm³/mol. The van der Waals surface area contributed by atoms with Crippen LogP contribution in [-0.2, 0) is 0 Å². The molecule has 0 bridgehead atoms. The Bertz CT molecular complexity index is 416. The molecule has 2 nitrogen and oxygen atoms in total. The number of nitrogens with zero attached hydrogens (tertiary/aromatic N) is 1. The van der Waals surface area contributed by atoms with Crippen molar-refractivity contribution in [2.45, 2.75) is 0 Å². The molecule has 0 unspecified atom stereocenters. The predicted octanol–water partition coefficient (Wildman–Crippen LogP) is 2.87. The van der Waals surface area contributed by atoms with Gasteiger partial charge in [0.1, 0.15) is 0 Å². The number of nitrogens with one attached hydrogen (secondary N) is 1. The first-order valence-electron chi connectivity index (χ1n) is 3.45. The molecule has 12 heavy (non-hydrogen) atoms. The summed E-state index contributed by atoms with van der Waals surface area (Å²) in [6.07, 6.45) is 5.49. The fourth-order valence-electron chi connectivity index (χ4n) is 0.934. The third-order valence-electron chi connectivity index (χ3n) is 1.47. The van der Waals surface area contributed by atoms with Crippen molar-refractivity contribution < 1.29 is 0 Å². The van der Waals surface area contributed by atoms with Gasteiger partial charge in [0.2, 0.25) is 0 Å². The average Bonchev–Trinajstić information content (AvgIpc) is 2.54. The highest BCUT2D eigenvalue weighted by atomic mass is 32.1. The van der Waals surface area contributed by atoms with Gasteiger partial charge in [0.05, 0.1) is 4.88 Å². The largest absolute Gasteiger partial charge is 0.343 e. The summed E-state index contributed by atoms with van der Waals surface area (Å²) in [7, 11) is 0. The van der Waals surface area contributed by atoms with Gasteiger partial charge in [-0.25, -0.2) is 0 Å². The molecule has 2 aromatic heterocycles. The third-order valence-corrected chi connectivity index (χ3v) is 2.71. The van der Waals surface area contributed by atoms with E-state index in [2.05, 4.69) is 9.97 Å². The van der Waals surface area contributed by atoms with Gasteiger partial charge in [-0.2, -0.15) is 0 Å². The lowest BCUT2D eigenvalue weighted by atomic mass is 10.3. The molecule has 2 heterocycles. The number of hydrogen-bond acceptors (Lipinski definition) is 3. The Labute approximate surface area is 78.9 Å². The normalized spacial score (nSPS) is 10.0. The maximum Gasteiger partial charge on any atom is 0.158 e. The molecule has 2 aromatic rings. The van der Waals surface area contributed by atoms with E-state index >= 15 is 0 Å². The standard InChI is InChI=1S/C8H6N2S2/c11-8-10-5-7(12-8)6-2-1-3-9-4-6/h1-5H,(H,10,11). The van der Waals surface area contributed by atoms with Crippen LogP contribution in [0.3, 0.4) is 0 Å². The molecule has 0 fully saturated rings. The number of thiazole rings is 1. The second-order valence-corrected chi connectivity index (χ2v) is 4.00. The quantitative estimate of drug-likeness (QED) is 0.707. The molecule has 2 rings (SSSR count). The summed E-state index contributed by atoms with van der Waals surface area (Å²) in [5, 5.41) is 0. The van der Waals surface area contributed by atoms with Gasteiger partial charge in [0, 0.05) is 24.2 Å². The van der Waals surface area contributed by atoms with Crippen LogP contribution in [0.4, 0.5) is 0 Å². The molecule has 0 saturated carbocycles. The topological polar surface area (TPSA) is 28.7 Å². The van der Waals surface area contributed by atoms with Gasteiger partial charge in [-0.05, 0) is 18.3 Å². The highest BCUT2D eigenvalue weighted by molar-refractivity contribution is 7.73. The minimum atomic E-state index is 0.800. The number of pyridine rings is 1. The minimum Gasteiger partial charge on any atom is -0.343 e. The Morgan fingerprint density at radius 3 is 3.00 bits per heavy atom. The number of H-pyrrole nitrogens is 1. The van der Waals surface area contributed by atoms with Crippen molar-refractivity contribution in [2.24, 2.45) is 0 Å². The van der Waals surface area contributed by atoms with E-state index in [9.17, 15) is 0 Å². The van der Waals surface area contributed by atoms with Gasteiger partial charge in [0.15, 0.2) is 3.95 Å². The average molecular weight is 194 g/mol. The van der Waals surface area contributed by atoms with Crippen molar-refractivity contribution >= 4 is 23.6 Å². The summed E-state index contributed by atoms with van der Waals surface area (Å²) in [5.74, 6) is 0. The maximum absolute atomic E-state index is 4.98. The lowest BCUT2D eigenvalue weighted by Crippen LogP contribution is -1.72. The molecule has 0 saturated heterocycles. The van der Waals surface area contributed by atoms with Gasteiger partial charge in [-0.15, -0.1) is 11.3 Å². The Morgan fingerprint density at radius 1 is 1.50 bits per heavy atom. The molecule has 0 aliphatic heterocycles. The summed E-state index contributed by atoms with van der Waals surface area (Å²) in [6.45, 7) is 0. The Hall–Kier alpha value is -1.00. The van der Waals surface area contributed by atoms with Gasteiger partial charge in [-0.1, -0.05) is 6.07 Å². The zero-order valence-electron chi connectivity index (χ0n) is 6.15. The second kappa shape index (κ2) is 3.16. The molecule has 0 aliphatic carbocycles. The highest BCUT2D eigenvalue weighted by Gasteiger charge is 1.97. The second-order valence-electron chi connectivity index (χ2n) is 2.28. The van der Waals surface area contributed by atoms with Gasteiger partial charge in [0.25, 0.3) is 0 Å². The van der Waals surface area contributed by atoms with E-state index in [0.29, 0.717) is 0 Å². The van der Waals surface area contributed by atoms with Gasteiger partial charge in [-0.3, -0.25) is 4.98 Å². The fraction of sp³-hybridized carbons (Fsp3) is 0. The number of aromatic amines is 1. The lowest BCUT2D eigenvalue weighted by Gasteiger charge is -1.91. The highest BCUT2D eigenvalue weighted by Crippen LogP contribution is 2.22. The molecule has 0 aliphatic rings. The molecule has 0 amide bonds. The molecular formula is C8H6N2S2. The van der Waals surface area contributed by atoms with Crippen molar-refractivity contribution in [1.82, 2.24) is 9.97 Å². The van der Waals surface area contributed by atoms with E-state index in [4.69, 9.17) is 12.2 Å². The number of rotatable bonds is 1. The van der Waals surface area contributed by atoms with E-state index in [-0.39, 0.29) is 0 Å². The van der Waals surface area contributed by atoms with Crippen molar-refractivity contribution in [3.63, 3.8) is 0 Å². The molecule has 60 valence electrons. The van der Waals surface area contributed by atoms with Crippen molar-refractivity contribution in [3.05, 3.63) is 34.7 Å². The SMILES string of the molecule is S=c1[nH]cc(-c2cccnc2)s1.